The second-order valence-corrected chi connectivity index (χ2v) is 5.95. The van der Waals surface area contributed by atoms with Crippen LogP contribution in [0.2, 0.25) is 0 Å². The van der Waals surface area contributed by atoms with Crippen LogP contribution in [0.4, 0.5) is 5.69 Å². The van der Waals surface area contributed by atoms with E-state index < -0.39 is 16.2 Å². The highest BCUT2D eigenvalue weighted by atomic mass is 16.6. The Morgan fingerprint density at radius 1 is 1.20 bits per heavy atom. The number of nitrogens with zero attached hydrogens (tertiary/aromatic N) is 3. The summed E-state index contributed by atoms with van der Waals surface area (Å²) >= 11 is 0. The third kappa shape index (κ3) is 3.33. The summed E-state index contributed by atoms with van der Waals surface area (Å²) in [5.41, 5.74) is 2.83. The molecule has 0 amide bonds. The molecule has 1 aromatic carbocycles. The molecule has 7 nitrogen and oxygen atoms in total. The molecule has 0 aliphatic carbocycles. The van der Waals surface area contributed by atoms with Crippen molar-refractivity contribution >= 4 is 11.5 Å². The fourth-order valence-corrected chi connectivity index (χ4v) is 2.66. The topological polar surface area (TPSA) is 106 Å². The SMILES string of the molecule is Cc1cc(C(=O)Cn2cc([N+](=O)[O-])cc(C#N)c2=O)c(C)c(C)c1C. The number of aryl methyl sites for hydroxylation is 1. The predicted molar refractivity (Wildman–Crippen MR) is 91.8 cm³/mol. The maximum absolute atomic E-state index is 12.7. The van der Waals surface area contributed by atoms with Crippen molar-refractivity contribution in [1.82, 2.24) is 4.57 Å². The first kappa shape index (κ1) is 18.1. The number of ketones is 1. The van der Waals surface area contributed by atoms with Crippen LogP contribution in [0.5, 0.6) is 0 Å². The number of hydrogen-bond donors (Lipinski definition) is 0. The van der Waals surface area contributed by atoms with Gasteiger partial charge < -0.3 is 0 Å². The van der Waals surface area contributed by atoms with Crippen molar-refractivity contribution in [2.24, 2.45) is 0 Å². The zero-order valence-corrected chi connectivity index (χ0v) is 14.4. The molecule has 0 saturated heterocycles. The Balaban J connectivity index is 2.53. The maximum Gasteiger partial charge on any atom is 0.287 e. The van der Waals surface area contributed by atoms with E-state index in [1.54, 1.807) is 12.1 Å². The van der Waals surface area contributed by atoms with E-state index in [2.05, 4.69) is 0 Å². The van der Waals surface area contributed by atoms with E-state index in [1.165, 1.54) is 0 Å². The molecule has 0 bridgehead atoms. The van der Waals surface area contributed by atoms with Crippen LogP contribution in [0.25, 0.3) is 0 Å². The van der Waals surface area contributed by atoms with Gasteiger partial charge in [-0.15, -0.1) is 0 Å². The minimum absolute atomic E-state index is 0.338. The zero-order chi connectivity index (χ0) is 18.9. The molecule has 7 heteroatoms. The minimum atomic E-state index is -0.723. The number of Topliss-reactive ketones (excluding diaryl/α,β-unsaturated/α-hetero) is 1. The second kappa shape index (κ2) is 6.69. The van der Waals surface area contributed by atoms with Gasteiger partial charge in [-0.05, 0) is 56.0 Å². The zero-order valence-electron chi connectivity index (χ0n) is 14.4. The summed E-state index contributed by atoms with van der Waals surface area (Å²) in [6.45, 7) is 7.24. The van der Waals surface area contributed by atoms with Gasteiger partial charge in [-0.25, -0.2) is 0 Å². The molecular weight excluding hydrogens is 322 g/mol. The first-order valence-corrected chi connectivity index (χ1v) is 7.57. The number of benzene rings is 1. The Morgan fingerprint density at radius 2 is 1.84 bits per heavy atom. The number of carbonyl (C=O) groups excluding carboxylic acids is 1. The number of pyridine rings is 1. The van der Waals surface area contributed by atoms with Crippen molar-refractivity contribution in [3.05, 3.63) is 72.2 Å². The van der Waals surface area contributed by atoms with Gasteiger partial charge >= 0.3 is 0 Å². The Kier molecular flexibility index (Phi) is 4.84. The van der Waals surface area contributed by atoms with Gasteiger partial charge in [-0.1, -0.05) is 0 Å². The van der Waals surface area contributed by atoms with Crippen LogP contribution in [0, 0.1) is 49.1 Å². The molecule has 1 aromatic heterocycles. The first-order valence-electron chi connectivity index (χ1n) is 7.57. The molecule has 0 radical (unpaired) electrons. The summed E-state index contributed by atoms with van der Waals surface area (Å²) in [7, 11) is 0. The quantitative estimate of drug-likeness (QED) is 0.484. The molecule has 0 unspecified atom stereocenters. The average molecular weight is 339 g/mol. The van der Waals surface area contributed by atoms with Gasteiger partial charge in [0.1, 0.15) is 11.6 Å². The molecule has 0 atom stereocenters. The summed E-state index contributed by atoms with van der Waals surface area (Å²) in [5, 5.41) is 19.9. The van der Waals surface area contributed by atoms with Crippen LogP contribution in [0.3, 0.4) is 0 Å². The Hall–Kier alpha value is -3.27. The van der Waals surface area contributed by atoms with Gasteiger partial charge in [0, 0.05) is 11.6 Å². The summed E-state index contributed by atoms with van der Waals surface area (Å²) in [5.74, 6) is -0.338. The first-order chi connectivity index (χ1) is 11.7. The number of aromatic nitrogens is 1. The van der Waals surface area contributed by atoms with Gasteiger partial charge in [-0.2, -0.15) is 5.26 Å². The third-order valence-electron chi connectivity index (χ3n) is 4.50. The molecule has 0 spiro atoms. The third-order valence-corrected chi connectivity index (χ3v) is 4.50. The van der Waals surface area contributed by atoms with Crippen LogP contribution < -0.4 is 5.56 Å². The smallest absolute Gasteiger partial charge is 0.287 e. The van der Waals surface area contributed by atoms with Crippen LogP contribution in [-0.4, -0.2) is 15.3 Å². The molecular formula is C18H17N3O4. The Labute approximate surface area is 144 Å². The fraction of sp³-hybridized carbons (Fsp3) is 0.278. The van der Waals surface area contributed by atoms with E-state index in [0.29, 0.717) is 5.56 Å². The van der Waals surface area contributed by atoms with E-state index in [0.717, 1.165) is 39.1 Å². The van der Waals surface area contributed by atoms with E-state index in [9.17, 15) is 19.7 Å². The molecule has 2 rings (SSSR count). The van der Waals surface area contributed by atoms with Crippen molar-refractivity contribution in [1.29, 1.82) is 5.26 Å². The van der Waals surface area contributed by atoms with Crippen molar-refractivity contribution in [2.75, 3.05) is 0 Å². The fourth-order valence-electron chi connectivity index (χ4n) is 2.66. The lowest BCUT2D eigenvalue weighted by molar-refractivity contribution is -0.385. The van der Waals surface area contributed by atoms with Crippen LogP contribution in [-0.2, 0) is 6.54 Å². The predicted octanol–water partition coefficient (Wildman–Crippen LogP) is 2.74. The second-order valence-electron chi connectivity index (χ2n) is 5.95. The van der Waals surface area contributed by atoms with Crippen molar-refractivity contribution in [3.8, 4) is 6.07 Å². The van der Waals surface area contributed by atoms with E-state index in [1.807, 2.05) is 27.7 Å². The van der Waals surface area contributed by atoms with Gasteiger partial charge in [-0.3, -0.25) is 24.3 Å². The molecule has 128 valence electrons. The molecule has 0 saturated carbocycles. The minimum Gasteiger partial charge on any atom is -0.300 e. The van der Waals surface area contributed by atoms with Gasteiger partial charge in [0.2, 0.25) is 0 Å². The lowest BCUT2D eigenvalue weighted by Crippen LogP contribution is -2.26. The average Bonchev–Trinajstić information content (AvgIpc) is 2.57. The normalized spacial score (nSPS) is 10.4. The molecule has 1 heterocycles. The van der Waals surface area contributed by atoms with Gasteiger partial charge in [0.05, 0.1) is 17.7 Å². The molecule has 2 aromatic rings. The lowest BCUT2D eigenvalue weighted by atomic mass is 9.92. The largest absolute Gasteiger partial charge is 0.300 e. The lowest BCUT2D eigenvalue weighted by Gasteiger charge is -2.14. The number of nitriles is 1. The number of rotatable bonds is 4. The highest BCUT2D eigenvalue weighted by Crippen LogP contribution is 2.22. The monoisotopic (exact) mass is 339 g/mol. The van der Waals surface area contributed by atoms with E-state index in [4.69, 9.17) is 5.26 Å². The summed E-state index contributed by atoms with van der Waals surface area (Å²) in [6, 6.07) is 4.30. The van der Waals surface area contributed by atoms with E-state index in [-0.39, 0.29) is 17.9 Å². The molecule has 0 N–H and O–H groups in total. The molecule has 0 aliphatic heterocycles. The van der Waals surface area contributed by atoms with Crippen LogP contribution >= 0.6 is 0 Å². The van der Waals surface area contributed by atoms with Crippen molar-refractivity contribution in [3.63, 3.8) is 0 Å². The number of hydrogen-bond acceptors (Lipinski definition) is 5. The summed E-state index contributed by atoms with van der Waals surface area (Å²) in [6.07, 6.45) is 0.990. The van der Waals surface area contributed by atoms with Crippen molar-refractivity contribution in [2.45, 2.75) is 34.2 Å². The van der Waals surface area contributed by atoms with Gasteiger partial charge in [0.15, 0.2) is 5.78 Å². The molecule has 25 heavy (non-hydrogen) atoms. The standard InChI is InChI=1S/C18H17N3O4/c1-10-5-16(13(4)12(3)11(10)2)17(22)9-20-8-15(21(24)25)6-14(7-19)18(20)23/h5-6,8H,9H2,1-4H3. The highest BCUT2D eigenvalue weighted by molar-refractivity contribution is 5.98. The number of nitro groups is 1. The highest BCUT2D eigenvalue weighted by Gasteiger charge is 2.18. The van der Waals surface area contributed by atoms with Crippen molar-refractivity contribution < 1.29 is 9.72 Å². The van der Waals surface area contributed by atoms with Crippen LogP contribution in [0.1, 0.15) is 38.2 Å². The maximum atomic E-state index is 12.7. The molecule has 0 fully saturated rings. The summed E-state index contributed by atoms with van der Waals surface area (Å²) in [4.78, 5) is 35.1. The number of carbonyl (C=O) groups is 1. The Morgan fingerprint density at radius 3 is 2.40 bits per heavy atom. The Bertz CT molecular complexity index is 997. The van der Waals surface area contributed by atoms with Crippen LogP contribution in [0.15, 0.2) is 23.1 Å². The molecule has 0 aliphatic rings. The van der Waals surface area contributed by atoms with E-state index >= 15 is 0 Å². The van der Waals surface area contributed by atoms with Gasteiger partial charge in [0.25, 0.3) is 11.2 Å². The summed E-state index contributed by atoms with van der Waals surface area (Å²) < 4.78 is 0.920.